The number of benzene rings is 1. The Morgan fingerprint density at radius 1 is 0.929 bits per heavy atom. The van der Waals surface area contributed by atoms with Crippen LogP contribution in [-0.2, 0) is 22.7 Å². The van der Waals surface area contributed by atoms with E-state index in [1.165, 1.54) is 0 Å². The number of carbonyl (C=O) groups is 2. The van der Waals surface area contributed by atoms with Crippen LogP contribution in [0.5, 0.6) is 5.75 Å². The van der Waals surface area contributed by atoms with E-state index in [0.717, 1.165) is 42.6 Å². The molecule has 1 heterocycles. The standard InChI is InChI=1S/C22H27N3O3/c1-28-20-10-4-16(5-11-20)14-24-21(26)18-6-8-19(9-7-18)22(27)25-15-17-3-2-12-23-13-17/h2-5,10-13,18-19H,6-9,14-15H2,1H3,(H,24,26)(H,25,27). The summed E-state index contributed by atoms with van der Waals surface area (Å²) in [5.41, 5.74) is 2.03. The number of methoxy groups -OCH3 is 1. The van der Waals surface area contributed by atoms with Crippen LogP contribution in [-0.4, -0.2) is 23.9 Å². The molecule has 0 saturated heterocycles. The van der Waals surface area contributed by atoms with E-state index in [-0.39, 0.29) is 23.7 Å². The number of rotatable bonds is 7. The van der Waals surface area contributed by atoms with E-state index in [4.69, 9.17) is 4.74 Å². The molecule has 0 bridgehead atoms. The first-order valence-corrected chi connectivity index (χ1v) is 9.73. The van der Waals surface area contributed by atoms with Crippen LogP contribution in [0.4, 0.5) is 0 Å². The molecule has 28 heavy (non-hydrogen) atoms. The lowest BCUT2D eigenvalue weighted by Gasteiger charge is -2.27. The quantitative estimate of drug-likeness (QED) is 0.773. The Morgan fingerprint density at radius 3 is 2.00 bits per heavy atom. The number of amides is 2. The summed E-state index contributed by atoms with van der Waals surface area (Å²) in [5.74, 6) is 0.920. The molecular formula is C22H27N3O3. The number of pyridine rings is 1. The predicted octanol–water partition coefficient (Wildman–Crippen LogP) is 2.83. The number of nitrogens with zero attached hydrogens (tertiary/aromatic N) is 1. The number of carbonyl (C=O) groups excluding carboxylic acids is 2. The summed E-state index contributed by atoms with van der Waals surface area (Å²) in [6.07, 6.45) is 6.47. The van der Waals surface area contributed by atoms with Gasteiger partial charge in [-0.25, -0.2) is 0 Å². The third kappa shape index (κ3) is 5.55. The van der Waals surface area contributed by atoms with E-state index in [9.17, 15) is 9.59 Å². The second-order valence-corrected chi connectivity index (χ2v) is 7.19. The topological polar surface area (TPSA) is 80.3 Å². The third-order valence-corrected chi connectivity index (χ3v) is 5.28. The van der Waals surface area contributed by atoms with Crippen molar-refractivity contribution in [2.45, 2.75) is 38.8 Å². The second kappa shape index (κ2) is 9.88. The van der Waals surface area contributed by atoms with Crippen molar-refractivity contribution < 1.29 is 14.3 Å². The average molecular weight is 381 g/mol. The molecule has 0 atom stereocenters. The van der Waals surface area contributed by atoms with Gasteiger partial charge < -0.3 is 15.4 Å². The summed E-state index contributed by atoms with van der Waals surface area (Å²) >= 11 is 0. The third-order valence-electron chi connectivity index (χ3n) is 5.28. The maximum absolute atomic E-state index is 12.4. The molecule has 3 rings (SSSR count). The van der Waals surface area contributed by atoms with Crippen LogP contribution >= 0.6 is 0 Å². The normalized spacial score (nSPS) is 18.9. The Morgan fingerprint density at radius 2 is 1.50 bits per heavy atom. The van der Waals surface area contributed by atoms with Gasteiger partial charge in [-0.3, -0.25) is 14.6 Å². The zero-order valence-corrected chi connectivity index (χ0v) is 16.2. The summed E-state index contributed by atoms with van der Waals surface area (Å²) in [4.78, 5) is 28.9. The Balaban J connectivity index is 1.38. The van der Waals surface area contributed by atoms with Gasteiger partial charge in [-0.15, -0.1) is 0 Å². The molecule has 1 fully saturated rings. The first-order valence-electron chi connectivity index (χ1n) is 9.73. The Hall–Kier alpha value is -2.89. The van der Waals surface area contributed by atoms with Crippen LogP contribution in [0.1, 0.15) is 36.8 Å². The molecule has 6 nitrogen and oxygen atoms in total. The van der Waals surface area contributed by atoms with Crippen molar-refractivity contribution in [2.24, 2.45) is 11.8 Å². The number of hydrogen-bond acceptors (Lipinski definition) is 4. The summed E-state index contributed by atoms with van der Waals surface area (Å²) in [6, 6.07) is 11.5. The van der Waals surface area contributed by atoms with Crippen LogP contribution in [0.2, 0.25) is 0 Å². The van der Waals surface area contributed by atoms with Crippen molar-refractivity contribution in [3.05, 3.63) is 59.9 Å². The highest BCUT2D eigenvalue weighted by Gasteiger charge is 2.29. The van der Waals surface area contributed by atoms with Gasteiger partial charge in [0.1, 0.15) is 5.75 Å². The van der Waals surface area contributed by atoms with Gasteiger partial charge in [-0.1, -0.05) is 18.2 Å². The molecule has 148 valence electrons. The molecular weight excluding hydrogens is 354 g/mol. The number of nitrogens with one attached hydrogen (secondary N) is 2. The van der Waals surface area contributed by atoms with Crippen molar-refractivity contribution in [1.82, 2.24) is 15.6 Å². The van der Waals surface area contributed by atoms with Crippen LogP contribution in [0.15, 0.2) is 48.8 Å². The van der Waals surface area contributed by atoms with Crippen molar-refractivity contribution in [3.8, 4) is 5.75 Å². The van der Waals surface area contributed by atoms with Gasteiger partial charge >= 0.3 is 0 Å². The first kappa shape index (κ1) is 19.9. The van der Waals surface area contributed by atoms with E-state index >= 15 is 0 Å². The lowest BCUT2D eigenvalue weighted by Crippen LogP contribution is -2.37. The Bertz CT molecular complexity index is 769. The van der Waals surface area contributed by atoms with E-state index in [1.54, 1.807) is 19.5 Å². The Kier molecular flexibility index (Phi) is 7.00. The van der Waals surface area contributed by atoms with Gasteiger partial charge in [0, 0.05) is 37.3 Å². The minimum Gasteiger partial charge on any atom is -0.497 e. The van der Waals surface area contributed by atoms with E-state index < -0.39 is 0 Å². The minimum atomic E-state index is -0.0133. The molecule has 1 aromatic carbocycles. The summed E-state index contributed by atoms with van der Waals surface area (Å²) in [7, 11) is 1.63. The highest BCUT2D eigenvalue weighted by molar-refractivity contribution is 5.81. The van der Waals surface area contributed by atoms with Crippen LogP contribution in [0.3, 0.4) is 0 Å². The number of hydrogen-bond donors (Lipinski definition) is 2. The van der Waals surface area contributed by atoms with Crippen molar-refractivity contribution in [2.75, 3.05) is 7.11 Å². The largest absolute Gasteiger partial charge is 0.497 e. The molecule has 0 aliphatic heterocycles. The van der Waals surface area contributed by atoms with Crippen molar-refractivity contribution in [3.63, 3.8) is 0 Å². The van der Waals surface area contributed by atoms with E-state index in [2.05, 4.69) is 15.6 Å². The summed E-state index contributed by atoms with van der Waals surface area (Å²) in [6.45, 7) is 1.00. The predicted molar refractivity (Wildman–Crippen MR) is 106 cm³/mol. The van der Waals surface area contributed by atoms with Gasteiger partial charge in [-0.2, -0.15) is 0 Å². The first-order chi connectivity index (χ1) is 13.7. The molecule has 0 radical (unpaired) electrons. The molecule has 2 aromatic rings. The monoisotopic (exact) mass is 381 g/mol. The van der Waals surface area contributed by atoms with Gasteiger partial charge in [0.05, 0.1) is 7.11 Å². The molecule has 1 aliphatic rings. The molecule has 0 spiro atoms. The summed E-state index contributed by atoms with van der Waals surface area (Å²) in [5, 5.41) is 5.99. The highest BCUT2D eigenvalue weighted by atomic mass is 16.5. The zero-order chi connectivity index (χ0) is 19.8. The fourth-order valence-electron chi connectivity index (χ4n) is 3.53. The van der Waals surface area contributed by atoms with Gasteiger partial charge in [-0.05, 0) is 55.0 Å². The van der Waals surface area contributed by atoms with Crippen molar-refractivity contribution in [1.29, 1.82) is 0 Å². The fourth-order valence-corrected chi connectivity index (χ4v) is 3.53. The number of aromatic nitrogens is 1. The Labute approximate surface area is 165 Å². The molecule has 1 aliphatic carbocycles. The maximum Gasteiger partial charge on any atom is 0.223 e. The van der Waals surface area contributed by atoms with Crippen LogP contribution in [0, 0.1) is 11.8 Å². The molecule has 1 saturated carbocycles. The van der Waals surface area contributed by atoms with Gasteiger partial charge in [0.15, 0.2) is 0 Å². The molecule has 2 amide bonds. The summed E-state index contributed by atoms with van der Waals surface area (Å²) < 4.78 is 5.14. The molecule has 2 N–H and O–H groups in total. The SMILES string of the molecule is COc1ccc(CNC(=O)C2CCC(C(=O)NCc3cccnc3)CC2)cc1. The lowest BCUT2D eigenvalue weighted by atomic mass is 9.81. The maximum atomic E-state index is 12.4. The lowest BCUT2D eigenvalue weighted by molar-refractivity contribution is -0.130. The molecule has 6 heteroatoms. The molecule has 1 aromatic heterocycles. The van der Waals surface area contributed by atoms with E-state index in [0.29, 0.717) is 13.1 Å². The number of ether oxygens (including phenoxy) is 1. The fraction of sp³-hybridized carbons (Fsp3) is 0.409. The van der Waals surface area contributed by atoms with Gasteiger partial charge in [0.25, 0.3) is 0 Å². The van der Waals surface area contributed by atoms with Gasteiger partial charge in [0.2, 0.25) is 11.8 Å². The zero-order valence-electron chi connectivity index (χ0n) is 16.2. The highest BCUT2D eigenvalue weighted by Crippen LogP contribution is 2.29. The van der Waals surface area contributed by atoms with Crippen LogP contribution < -0.4 is 15.4 Å². The second-order valence-electron chi connectivity index (χ2n) is 7.19. The smallest absolute Gasteiger partial charge is 0.223 e. The average Bonchev–Trinajstić information content (AvgIpc) is 2.77. The van der Waals surface area contributed by atoms with Crippen molar-refractivity contribution >= 4 is 11.8 Å². The van der Waals surface area contributed by atoms with E-state index in [1.807, 2.05) is 36.4 Å². The minimum absolute atomic E-state index is 0.0118. The van der Waals surface area contributed by atoms with Crippen LogP contribution in [0.25, 0.3) is 0 Å². The molecule has 0 unspecified atom stereocenters.